The molecule has 0 aliphatic heterocycles. The van der Waals surface area contributed by atoms with Crippen molar-refractivity contribution in [2.24, 2.45) is 0 Å². The first kappa shape index (κ1) is 15.8. The van der Waals surface area contributed by atoms with E-state index in [9.17, 15) is 8.42 Å². The molecule has 0 spiro atoms. The Morgan fingerprint density at radius 2 is 1.78 bits per heavy atom. The van der Waals surface area contributed by atoms with Crippen molar-refractivity contribution in [2.45, 2.75) is 18.7 Å². The summed E-state index contributed by atoms with van der Waals surface area (Å²) in [5, 5.41) is 1.18. The zero-order valence-electron chi connectivity index (χ0n) is 12.7. The molecule has 0 amide bonds. The van der Waals surface area contributed by atoms with E-state index >= 15 is 0 Å². The summed E-state index contributed by atoms with van der Waals surface area (Å²) in [6.07, 6.45) is 1.61. The van der Waals surface area contributed by atoms with Crippen LogP contribution in [-0.2, 0) is 10.0 Å². The van der Waals surface area contributed by atoms with E-state index in [0.717, 1.165) is 16.5 Å². The predicted octanol–water partition coefficient (Wildman–Crippen LogP) is 4.31. The minimum absolute atomic E-state index is 0.184. The van der Waals surface area contributed by atoms with Gasteiger partial charge in [0.2, 0.25) is 0 Å². The predicted molar refractivity (Wildman–Crippen MR) is 93.5 cm³/mol. The van der Waals surface area contributed by atoms with Crippen molar-refractivity contribution in [3.63, 3.8) is 0 Å². The number of halogens is 1. The van der Waals surface area contributed by atoms with Crippen molar-refractivity contribution < 1.29 is 8.42 Å². The van der Waals surface area contributed by atoms with Crippen molar-refractivity contribution in [3.8, 4) is 0 Å². The number of fused-ring (bicyclic) bond motifs is 1. The highest BCUT2D eigenvalue weighted by atomic mass is 35.5. The maximum atomic E-state index is 12.6. The van der Waals surface area contributed by atoms with Crippen LogP contribution in [-0.4, -0.2) is 13.4 Å². The van der Waals surface area contributed by atoms with Crippen LogP contribution >= 0.6 is 11.6 Å². The molecule has 0 atom stereocenters. The summed E-state index contributed by atoms with van der Waals surface area (Å²) >= 11 is 6.26. The third-order valence-electron chi connectivity index (χ3n) is 3.62. The number of rotatable bonds is 3. The summed E-state index contributed by atoms with van der Waals surface area (Å²) in [5.41, 5.74) is 2.77. The molecule has 1 aromatic heterocycles. The van der Waals surface area contributed by atoms with Crippen LogP contribution < -0.4 is 4.72 Å². The third-order valence-corrected chi connectivity index (χ3v) is 5.28. The summed E-state index contributed by atoms with van der Waals surface area (Å²) in [6.45, 7) is 3.81. The van der Waals surface area contributed by atoms with Gasteiger partial charge in [0.05, 0.1) is 21.1 Å². The molecular weight excluding hydrogens is 332 g/mol. The number of nitrogens with zero attached hydrogens (tertiary/aromatic N) is 1. The summed E-state index contributed by atoms with van der Waals surface area (Å²) in [5.74, 6) is 0. The third kappa shape index (κ3) is 3.02. The van der Waals surface area contributed by atoms with Gasteiger partial charge in [-0.05, 0) is 43.7 Å². The Morgan fingerprint density at radius 3 is 2.48 bits per heavy atom. The van der Waals surface area contributed by atoms with E-state index in [-0.39, 0.29) is 4.90 Å². The quantitative estimate of drug-likeness (QED) is 0.769. The van der Waals surface area contributed by atoms with Crippen LogP contribution in [0.5, 0.6) is 0 Å². The minimum Gasteiger partial charge on any atom is -0.276 e. The van der Waals surface area contributed by atoms with Gasteiger partial charge in [-0.25, -0.2) is 8.42 Å². The molecular formula is C17H15ClN2O2S. The number of aryl methyl sites for hydroxylation is 2. The van der Waals surface area contributed by atoms with Gasteiger partial charge in [-0.2, -0.15) is 0 Å². The first-order valence-electron chi connectivity index (χ1n) is 7.02. The highest BCUT2D eigenvalue weighted by Gasteiger charge is 2.19. The molecule has 0 fully saturated rings. The Balaban J connectivity index is 2.13. The van der Waals surface area contributed by atoms with Gasteiger partial charge in [0.25, 0.3) is 10.0 Å². The van der Waals surface area contributed by atoms with Crippen LogP contribution in [0, 0.1) is 13.8 Å². The Hall–Kier alpha value is -2.11. The Labute approximate surface area is 140 Å². The van der Waals surface area contributed by atoms with E-state index in [2.05, 4.69) is 9.71 Å². The molecule has 0 unspecified atom stereocenters. The fourth-order valence-electron chi connectivity index (χ4n) is 2.38. The van der Waals surface area contributed by atoms with Crippen molar-refractivity contribution in [1.82, 2.24) is 4.98 Å². The maximum Gasteiger partial charge on any atom is 0.262 e. The van der Waals surface area contributed by atoms with E-state index in [1.807, 2.05) is 26.0 Å². The van der Waals surface area contributed by atoms with Gasteiger partial charge in [0, 0.05) is 11.6 Å². The molecule has 6 heteroatoms. The van der Waals surface area contributed by atoms with Crippen LogP contribution in [0.2, 0.25) is 5.02 Å². The zero-order valence-corrected chi connectivity index (χ0v) is 14.2. The second-order valence-corrected chi connectivity index (χ2v) is 7.46. The SMILES string of the molecule is Cc1ccc(S(=O)(=O)Nc2c(Cl)cc(C)c3cccnc23)cc1. The smallest absolute Gasteiger partial charge is 0.262 e. The van der Waals surface area contributed by atoms with Gasteiger partial charge < -0.3 is 0 Å². The lowest BCUT2D eigenvalue weighted by molar-refractivity contribution is 0.601. The number of hydrogen-bond donors (Lipinski definition) is 1. The fraction of sp³-hybridized carbons (Fsp3) is 0.118. The lowest BCUT2D eigenvalue weighted by Crippen LogP contribution is -2.14. The Kier molecular flexibility index (Phi) is 4.00. The van der Waals surface area contributed by atoms with Crippen LogP contribution in [0.1, 0.15) is 11.1 Å². The monoisotopic (exact) mass is 346 g/mol. The van der Waals surface area contributed by atoms with E-state index in [0.29, 0.717) is 16.2 Å². The van der Waals surface area contributed by atoms with E-state index in [4.69, 9.17) is 11.6 Å². The molecule has 0 bridgehead atoms. The number of pyridine rings is 1. The molecule has 0 aliphatic rings. The Bertz CT molecular complexity index is 983. The van der Waals surface area contributed by atoms with Crippen LogP contribution in [0.3, 0.4) is 0 Å². The largest absolute Gasteiger partial charge is 0.276 e. The molecule has 4 nitrogen and oxygen atoms in total. The molecule has 118 valence electrons. The van der Waals surface area contributed by atoms with Gasteiger partial charge in [-0.3, -0.25) is 9.71 Å². The van der Waals surface area contributed by atoms with Gasteiger partial charge in [-0.15, -0.1) is 0 Å². The molecule has 0 aliphatic carbocycles. The summed E-state index contributed by atoms with van der Waals surface area (Å²) < 4.78 is 27.8. The average molecular weight is 347 g/mol. The van der Waals surface area contributed by atoms with Crippen molar-refractivity contribution in [1.29, 1.82) is 0 Å². The molecule has 2 aromatic carbocycles. The summed E-state index contributed by atoms with van der Waals surface area (Å²) in [7, 11) is -3.73. The molecule has 23 heavy (non-hydrogen) atoms. The normalized spacial score (nSPS) is 11.6. The fourth-order valence-corrected chi connectivity index (χ4v) is 3.83. The van der Waals surface area contributed by atoms with E-state index in [1.54, 1.807) is 36.5 Å². The minimum atomic E-state index is -3.73. The standard InChI is InChI=1S/C17H15ClN2O2S/c1-11-5-7-13(8-6-11)23(21,22)20-17-15(18)10-12(2)14-4-3-9-19-16(14)17/h3-10,20H,1-2H3. The highest BCUT2D eigenvalue weighted by molar-refractivity contribution is 7.92. The van der Waals surface area contributed by atoms with E-state index < -0.39 is 10.0 Å². The lowest BCUT2D eigenvalue weighted by atomic mass is 10.1. The number of sulfonamides is 1. The number of anilines is 1. The Morgan fingerprint density at radius 1 is 1.09 bits per heavy atom. The molecule has 0 saturated carbocycles. The first-order valence-corrected chi connectivity index (χ1v) is 8.88. The van der Waals surface area contributed by atoms with Gasteiger partial charge in [0.1, 0.15) is 0 Å². The van der Waals surface area contributed by atoms with Crippen molar-refractivity contribution >= 4 is 38.2 Å². The molecule has 1 heterocycles. The van der Waals surface area contributed by atoms with Crippen LogP contribution in [0.15, 0.2) is 53.6 Å². The number of aromatic nitrogens is 1. The van der Waals surface area contributed by atoms with Crippen molar-refractivity contribution in [2.75, 3.05) is 4.72 Å². The number of hydrogen-bond acceptors (Lipinski definition) is 3. The first-order chi connectivity index (χ1) is 10.9. The second-order valence-electron chi connectivity index (χ2n) is 5.37. The van der Waals surface area contributed by atoms with Crippen molar-refractivity contribution in [3.05, 3.63) is 64.8 Å². The number of benzene rings is 2. The summed E-state index contributed by atoms with van der Waals surface area (Å²) in [4.78, 5) is 4.47. The zero-order chi connectivity index (χ0) is 16.6. The maximum absolute atomic E-state index is 12.6. The lowest BCUT2D eigenvalue weighted by Gasteiger charge is -2.13. The van der Waals surface area contributed by atoms with Crippen LogP contribution in [0.25, 0.3) is 10.9 Å². The molecule has 3 rings (SSSR count). The van der Waals surface area contributed by atoms with Gasteiger partial charge >= 0.3 is 0 Å². The molecule has 3 aromatic rings. The topological polar surface area (TPSA) is 59.1 Å². The summed E-state index contributed by atoms with van der Waals surface area (Å²) in [6, 6.07) is 12.1. The molecule has 0 saturated heterocycles. The van der Waals surface area contributed by atoms with Gasteiger partial charge in [-0.1, -0.05) is 35.4 Å². The average Bonchev–Trinajstić information content (AvgIpc) is 2.52. The number of nitrogens with one attached hydrogen (secondary N) is 1. The van der Waals surface area contributed by atoms with Crippen LogP contribution in [0.4, 0.5) is 5.69 Å². The molecule has 0 radical (unpaired) electrons. The second kappa shape index (κ2) is 5.83. The van der Waals surface area contributed by atoms with E-state index in [1.165, 1.54) is 0 Å². The van der Waals surface area contributed by atoms with Gasteiger partial charge in [0.15, 0.2) is 0 Å². The highest BCUT2D eigenvalue weighted by Crippen LogP contribution is 2.33. The molecule has 1 N–H and O–H groups in total.